The van der Waals surface area contributed by atoms with E-state index in [-0.39, 0.29) is 0 Å². The Hall–Kier alpha value is -5.79. The number of rotatable bonds is 2. The third kappa shape index (κ3) is 3.25. The predicted molar refractivity (Wildman–Crippen MR) is 177 cm³/mol. The highest BCUT2D eigenvalue weighted by atomic mass is 16.3. The van der Waals surface area contributed by atoms with Crippen LogP contribution in [0, 0.1) is 20.4 Å². The van der Waals surface area contributed by atoms with E-state index in [4.69, 9.17) is 15.4 Å². The van der Waals surface area contributed by atoms with Gasteiger partial charge in [0.1, 0.15) is 16.7 Å². The van der Waals surface area contributed by atoms with Crippen LogP contribution in [0.1, 0.15) is 11.1 Å². The molecule has 9 rings (SSSR count). The minimum Gasteiger partial charge on any atom is -0.465 e. The van der Waals surface area contributed by atoms with Crippen LogP contribution in [0.3, 0.4) is 0 Å². The average Bonchev–Trinajstić information content (AvgIpc) is 3.70. The molecule has 0 unspecified atom stereocenters. The van der Waals surface area contributed by atoms with Crippen molar-refractivity contribution in [3.05, 3.63) is 132 Å². The van der Waals surface area contributed by atoms with E-state index in [1.54, 1.807) is 0 Å². The van der Waals surface area contributed by atoms with Crippen molar-refractivity contribution in [3.8, 4) is 16.8 Å². The zero-order valence-electron chi connectivity index (χ0n) is 23.6. The highest BCUT2D eigenvalue weighted by molar-refractivity contribution is 6.21. The molecule has 0 radical (unpaired) electrons. The standard InChI is InChI=1S/C39H24N2O2/c1-22-14-18-32-29(20-22)30-21-23(2)15-19-33(30)41(32)34-12-7-11-28-36-25(16-17-31(40-3)39(36)43-38(28)34)27-10-6-9-26-24-8-4-5-13-35(24)42-37(26)27/h4-21H,1-2H3. The smallest absolute Gasteiger partial charge is 0.229 e. The van der Waals surface area contributed by atoms with E-state index < -0.39 is 0 Å². The summed E-state index contributed by atoms with van der Waals surface area (Å²) < 4.78 is 15.5. The van der Waals surface area contributed by atoms with Crippen molar-refractivity contribution in [1.82, 2.24) is 4.57 Å². The van der Waals surface area contributed by atoms with Gasteiger partial charge < -0.3 is 13.4 Å². The SMILES string of the molecule is [C-]#[N+]c1ccc(-c2cccc3c2oc2ccccc23)c2c1oc1c(-n3c4ccc(C)cc4c4cc(C)ccc43)cccc12. The van der Waals surface area contributed by atoms with E-state index in [1.165, 1.54) is 21.9 Å². The Morgan fingerprint density at radius 1 is 0.558 bits per heavy atom. The monoisotopic (exact) mass is 552 g/mol. The fraction of sp³-hybridized carbons (Fsp3) is 0.0513. The Labute approximate surface area is 246 Å². The number of benzene rings is 6. The summed E-state index contributed by atoms with van der Waals surface area (Å²) in [6.07, 6.45) is 0. The first-order valence-electron chi connectivity index (χ1n) is 14.4. The van der Waals surface area contributed by atoms with Gasteiger partial charge in [-0.2, -0.15) is 0 Å². The maximum Gasteiger partial charge on any atom is 0.229 e. The van der Waals surface area contributed by atoms with Crippen LogP contribution in [-0.4, -0.2) is 4.57 Å². The zero-order chi connectivity index (χ0) is 28.8. The quantitative estimate of drug-likeness (QED) is 0.200. The molecule has 0 bridgehead atoms. The van der Waals surface area contributed by atoms with Crippen LogP contribution in [0.25, 0.3) is 87.3 Å². The molecule has 9 aromatic rings. The normalized spacial score (nSPS) is 11.9. The van der Waals surface area contributed by atoms with Gasteiger partial charge in [0.15, 0.2) is 5.58 Å². The molecule has 0 aliphatic carbocycles. The molecule has 202 valence electrons. The molecule has 0 aliphatic rings. The second-order valence-electron chi connectivity index (χ2n) is 11.4. The summed E-state index contributed by atoms with van der Waals surface area (Å²) >= 11 is 0. The number of fused-ring (bicyclic) bond motifs is 9. The van der Waals surface area contributed by atoms with Gasteiger partial charge in [-0.3, -0.25) is 0 Å². The van der Waals surface area contributed by atoms with Crippen molar-refractivity contribution >= 4 is 71.4 Å². The third-order valence-corrected chi connectivity index (χ3v) is 8.74. The fourth-order valence-corrected chi connectivity index (χ4v) is 6.83. The van der Waals surface area contributed by atoms with Crippen molar-refractivity contribution in [2.45, 2.75) is 13.8 Å². The molecule has 6 aromatic carbocycles. The Balaban J connectivity index is 1.41. The number of aryl methyl sites for hydroxylation is 2. The maximum atomic E-state index is 7.97. The summed E-state index contributed by atoms with van der Waals surface area (Å²) in [6, 6.07) is 37.8. The second-order valence-corrected chi connectivity index (χ2v) is 11.4. The summed E-state index contributed by atoms with van der Waals surface area (Å²) in [5.41, 5.74) is 11.1. The van der Waals surface area contributed by atoms with Crippen LogP contribution in [0.4, 0.5) is 5.69 Å². The van der Waals surface area contributed by atoms with Crippen LogP contribution >= 0.6 is 0 Å². The first-order chi connectivity index (χ1) is 21.1. The number of furan rings is 2. The molecule has 0 fully saturated rings. The molecule has 0 saturated heterocycles. The molecule has 0 amide bonds. The van der Waals surface area contributed by atoms with Gasteiger partial charge in [-0.25, -0.2) is 4.85 Å². The van der Waals surface area contributed by atoms with Gasteiger partial charge in [0.05, 0.1) is 23.3 Å². The lowest BCUT2D eigenvalue weighted by atomic mass is 9.97. The fourth-order valence-electron chi connectivity index (χ4n) is 6.83. The van der Waals surface area contributed by atoms with Gasteiger partial charge in [0.25, 0.3) is 0 Å². The van der Waals surface area contributed by atoms with Crippen LogP contribution < -0.4 is 0 Å². The van der Waals surface area contributed by atoms with Crippen molar-refractivity contribution in [2.24, 2.45) is 0 Å². The molecule has 0 aliphatic heterocycles. The van der Waals surface area contributed by atoms with Crippen LogP contribution in [0.15, 0.2) is 118 Å². The van der Waals surface area contributed by atoms with Gasteiger partial charge in [-0.15, -0.1) is 0 Å². The minimum atomic E-state index is 0.492. The van der Waals surface area contributed by atoms with Crippen LogP contribution in [-0.2, 0) is 0 Å². The van der Waals surface area contributed by atoms with E-state index in [9.17, 15) is 0 Å². The minimum absolute atomic E-state index is 0.492. The lowest BCUT2D eigenvalue weighted by Gasteiger charge is -2.09. The molecule has 4 nitrogen and oxygen atoms in total. The second kappa shape index (κ2) is 8.61. The Morgan fingerprint density at radius 3 is 2.02 bits per heavy atom. The molecule has 3 aromatic heterocycles. The van der Waals surface area contributed by atoms with Gasteiger partial charge in [-0.05, 0) is 55.8 Å². The highest BCUT2D eigenvalue weighted by Gasteiger charge is 2.23. The number of aromatic nitrogens is 1. The molecular weight excluding hydrogens is 528 g/mol. The van der Waals surface area contributed by atoms with E-state index in [0.29, 0.717) is 11.3 Å². The molecule has 3 heterocycles. The lowest BCUT2D eigenvalue weighted by molar-refractivity contribution is 0.668. The maximum absolute atomic E-state index is 7.97. The van der Waals surface area contributed by atoms with Gasteiger partial charge in [0, 0.05) is 37.9 Å². The lowest BCUT2D eigenvalue weighted by Crippen LogP contribution is -1.94. The number of nitrogens with zero attached hydrogens (tertiary/aromatic N) is 2. The highest BCUT2D eigenvalue weighted by Crippen LogP contribution is 2.46. The van der Waals surface area contributed by atoms with Crippen molar-refractivity contribution in [3.63, 3.8) is 0 Å². The Morgan fingerprint density at radius 2 is 1.26 bits per heavy atom. The molecule has 0 spiro atoms. The number of hydrogen-bond donors (Lipinski definition) is 0. The Kier molecular flexibility index (Phi) is 4.78. The van der Waals surface area contributed by atoms with E-state index in [0.717, 1.165) is 66.1 Å². The van der Waals surface area contributed by atoms with Gasteiger partial charge in [-0.1, -0.05) is 83.9 Å². The predicted octanol–water partition coefficient (Wildman–Crippen LogP) is 11.4. The average molecular weight is 553 g/mol. The first kappa shape index (κ1) is 23.9. The van der Waals surface area contributed by atoms with Gasteiger partial charge >= 0.3 is 0 Å². The van der Waals surface area contributed by atoms with E-state index in [2.05, 4.69) is 102 Å². The zero-order valence-corrected chi connectivity index (χ0v) is 23.6. The molecule has 0 saturated carbocycles. The van der Waals surface area contributed by atoms with Crippen LogP contribution in [0.5, 0.6) is 0 Å². The topological polar surface area (TPSA) is 35.6 Å². The summed E-state index contributed by atoms with van der Waals surface area (Å²) in [5.74, 6) is 0. The van der Waals surface area contributed by atoms with E-state index in [1.807, 2.05) is 30.3 Å². The third-order valence-electron chi connectivity index (χ3n) is 8.74. The molecule has 0 N–H and O–H groups in total. The van der Waals surface area contributed by atoms with Crippen LogP contribution in [0.2, 0.25) is 0 Å². The summed E-state index contributed by atoms with van der Waals surface area (Å²) in [4.78, 5) is 3.86. The summed E-state index contributed by atoms with van der Waals surface area (Å²) in [6.45, 7) is 12.2. The van der Waals surface area contributed by atoms with Gasteiger partial charge in [0.2, 0.25) is 5.69 Å². The van der Waals surface area contributed by atoms with Crippen molar-refractivity contribution < 1.29 is 8.83 Å². The summed E-state index contributed by atoms with van der Waals surface area (Å²) in [5, 5.41) is 6.47. The molecule has 4 heteroatoms. The molecular formula is C39H24N2O2. The first-order valence-corrected chi connectivity index (χ1v) is 14.4. The van der Waals surface area contributed by atoms with Crippen molar-refractivity contribution in [2.75, 3.05) is 0 Å². The number of para-hydroxylation sites is 3. The molecule has 43 heavy (non-hydrogen) atoms. The Bertz CT molecular complexity index is 2600. The molecule has 0 atom stereocenters. The summed E-state index contributed by atoms with van der Waals surface area (Å²) in [7, 11) is 0. The largest absolute Gasteiger partial charge is 0.465 e. The van der Waals surface area contributed by atoms with Crippen molar-refractivity contribution in [1.29, 1.82) is 0 Å². The number of hydrogen-bond acceptors (Lipinski definition) is 2. The van der Waals surface area contributed by atoms with E-state index >= 15 is 0 Å².